The lowest BCUT2D eigenvalue weighted by Gasteiger charge is -2.31. The zero-order valence-corrected chi connectivity index (χ0v) is 40.3. The zero-order chi connectivity index (χ0) is 43.5. The predicted octanol–water partition coefficient (Wildman–Crippen LogP) is 15.4. The van der Waals surface area contributed by atoms with Gasteiger partial charge >= 0.3 is 0 Å². The minimum absolute atomic E-state index is 0.805. The molecule has 0 amide bonds. The smallest absolute Gasteiger partial charge is 0.119 e. The normalized spacial score (nSPS) is 12.7. The Bertz CT molecular complexity index is 2860. The van der Waals surface area contributed by atoms with Crippen LogP contribution in [0, 0.1) is 13.8 Å². The highest BCUT2D eigenvalue weighted by Crippen LogP contribution is 2.44. The van der Waals surface area contributed by atoms with Gasteiger partial charge < -0.3 is 9.47 Å². The molecular formula is C56H58N2O2S2Si. The van der Waals surface area contributed by atoms with Crippen LogP contribution in [0.5, 0.6) is 11.5 Å². The third-order valence-electron chi connectivity index (χ3n) is 13.1. The number of benzene rings is 5. The maximum absolute atomic E-state index is 5.63. The molecule has 0 radical (unpaired) electrons. The van der Waals surface area contributed by atoms with Gasteiger partial charge in [-0.25, -0.2) is 9.97 Å². The monoisotopic (exact) mass is 882 g/mol. The lowest BCUT2D eigenvalue weighted by atomic mass is 10.0. The minimum Gasteiger partial charge on any atom is -0.497 e. The van der Waals surface area contributed by atoms with Gasteiger partial charge in [0.1, 0.15) is 19.6 Å². The van der Waals surface area contributed by atoms with Gasteiger partial charge in [0, 0.05) is 41.8 Å². The average Bonchev–Trinajstić information content (AvgIpc) is 4.05. The van der Waals surface area contributed by atoms with E-state index in [1.54, 1.807) is 35.9 Å². The van der Waals surface area contributed by atoms with Crippen molar-refractivity contribution in [2.75, 3.05) is 14.2 Å². The van der Waals surface area contributed by atoms with Gasteiger partial charge in [0.05, 0.1) is 36.6 Å². The van der Waals surface area contributed by atoms with E-state index in [4.69, 9.17) is 19.4 Å². The number of nitrogens with zero attached hydrogens (tertiary/aromatic N) is 2. The van der Waals surface area contributed by atoms with Crippen LogP contribution in [0.25, 0.3) is 76.0 Å². The number of hydrogen-bond acceptors (Lipinski definition) is 6. The number of aromatic nitrogens is 2. The van der Waals surface area contributed by atoms with Crippen LogP contribution < -0.4 is 19.8 Å². The van der Waals surface area contributed by atoms with Crippen molar-refractivity contribution in [1.29, 1.82) is 0 Å². The molecule has 0 aliphatic carbocycles. The summed E-state index contributed by atoms with van der Waals surface area (Å²) in [5.41, 5.74) is 13.3. The Kier molecular flexibility index (Phi) is 12.8. The summed E-state index contributed by atoms with van der Waals surface area (Å²) in [7, 11) is 1.39. The number of methoxy groups -OCH3 is 2. The van der Waals surface area contributed by atoms with Gasteiger partial charge in [0.25, 0.3) is 0 Å². The molecule has 0 atom stereocenters. The fraction of sp³-hybridized carbons (Fsp3) is 0.286. The summed E-state index contributed by atoms with van der Waals surface area (Å²) in [6, 6.07) is 47.4. The van der Waals surface area contributed by atoms with Gasteiger partial charge in [0.2, 0.25) is 0 Å². The second-order valence-electron chi connectivity index (χ2n) is 17.3. The first-order valence-electron chi connectivity index (χ1n) is 22.9. The van der Waals surface area contributed by atoms with Crippen LogP contribution in [0.2, 0.25) is 12.1 Å². The van der Waals surface area contributed by atoms with Crippen LogP contribution in [0.15, 0.2) is 121 Å². The fourth-order valence-corrected chi connectivity index (χ4v) is 17.4. The minimum atomic E-state index is -2.01. The highest BCUT2D eigenvalue weighted by molar-refractivity contribution is 7.19. The number of rotatable bonds is 17. The van der Waals surface area contributed by atoms with Crippen molar-refractivity contribution >= 4 is 52.2 Å². The predicted molar refractivity (Wildman–Crippen MR) is 273 cm³/mol. The van der Waals surface area contributed by atoms with Crippen molar-refractivity contribution in [3.63, 3.8) is 0 Å². The summed E-state index contributed by atoms with van der Waals surface area (Å²) in [4.78, 5) is 16.2. The number of ether oxygens (including phenoxy) is 2. The molecule has 0 unspecified atom stereocenters. The fourth-order valence-electron chi connectivity index (χ4n) is 9.78. The molecule has 5 aromatic carbocycles. The number of fused-ring (bicyclic) bond motifs is 4. The maximum Gasteiger partial charge on any atom is 0.119 e. The molecule has 63 heavy (non-hydrogen) atoms. The van der Waals surface area contributed by atoms with Crippen LogP contribution in [0.4, 0.5) is 0 Å². The Morgan fingerprint density at radius 2 is 0.937 bits per heavy atom. The molecule has 0 bridgehead atoms. The molecule has 4 nitrogen and oxygen atoms in total. The largest absolute Gasteiger partial charge is 0.497 e. The van der Waals surface area contributed by atoms with E-state index < -0.39 is 8.07 Å². The first kappa shape index (κ1) is 42.9. The third-order valence-corrected chi connectivity index (χ3v) is 20.6. The Hall–Kier alpha value is -5.34. The average molecular weight is 883 g/mol. The molecule has 8 aromatic rings. The van der Waals surface area contributed by atoms with Gasteiger partial charge in [0.15, 0.2) is 0 Å². The third kappa shape index (κ3) is 8.43. The lowest BCUT2D eigenvalue weighted by molar-refractivity contribution is 0.414. The van der Waals surface area contributed by atoms with E-state index in [9.17, 15) is 0 Å². The zero-order valence-electron chi connectivity index (χ0n) is 37.6. The molecule has 0 saturated heterocycles. The molecule has 0 spiro atoms. The van der Waals surface area contributed by atoms with E-state index in [-0.39, 0.29) is 0 Å². The Balaban J connectivity index is 1.19. The van der Waals surface area contributed by atoms with Crippen molar-refractivity contribution < 1.29 is 9.47 Å². The molecule has 3 aromatic heterocycles. The lowest BCUT2D eigenvalue weighted by Crippen LogP contribution is -2.55. The van der Waals surface area contributed by atoms with E-state index in [1.165, 1.54) is 105 Å². The van der Waals surface area contributed by atoms with Crippen molar-refractivity contribution in [3.05, 3.63) is 132 Å². The molecule has 0 saturated carbocycles. The standard InChI is InChI=1S/C56H58N2O2S2Si/c1-7-9-11-13-33-63(34-14-12-10-8-2)51-35-37(3)15-26-44(51)45-27-21-41(36-52(45)63)48-31-32-50(62-48)47-29-28-46(49-30-16-38(4)61-49)55-56(47)58-54(40-19-24-43(60-6)25-20-40)53(57-55)39-17-22-42(59-5)23-18-39/h15-32,35-36H,7-14,33-34H2,1-6H3. The number of aryl methyl sites for hydroxylation is 2. The summed E-state index contributed by atoms with van der Waals surface area (Å²) in [5.74, 6) is 1.61. The molecule has 7 heteroatoms. The van der Waals surface area contributed by atoms with Crippen molar-refractivity contribution in [2.45, 2.75) is 91.1 Å². The molecule has 4 heterocycles. The Morgan fingerprint density at radius 1 is 0.460 bits per heavy atom. The van der Waals surface area contributed by atoms with Gasteiger partial charge in [-0.1, -0.05) is 119 Å². The number of thiophene rings is 2. The SMILES string of the molecule is CCCCCC[Si]1(CCCCCC)c2cc(C)ccc2-c2ccc(-c3ccc(-c4ccc(-c5ccc(C)s5)c5nc(-c6ccc(OC)cc6)c(-c6ccc(OC)cc6)nc45)s3)cc21. The topological polar surface area (TPSA) is 44.2 Å². The summed E-state index contributed by atoms with van der Waals surface area (Å²) in [5, 5.41) is 3.37. The van der Waals surface area contributed by atoms with Crippen molar-refractivity contribution in [1.82, 2.24) is 9.97 Å². The first-order valence-corrected chi connectivity index (χ1v) is 27.0. The van der Waals surface area contributed by atoms with Gasteiger partial charge in [-0.05, 0) is 126 Å². The van der Waals surface area contributed by atoms with Crippen LogP contribution in [0.1, 0.15) is 75.7 Å². The highest BCUT2D eigenvalue weighted by atomic mass is 32.1. The molecule has 320 valence electrons. The molecule has 1 aliphatic rings. The van der Waals surface area contributed by atoms with Gasteiger partial charge in [-0.2, -0.15) is 0 Å². The van der Waals surface area contributed by atoms with Gasteiger partial charge in [-0.3, -0.25) is 0 Å². The molecule has 9 rings (SSSR count). The van der Waals surface area contributed by atoms with Gasteiger partial charge in [-0.15, -0.1) is 22.7 Å². The number of hydrogen-bond donors (Lipinski definition) is 0. The highest BCUT2D eigenvalue weighted by Gasteiger charge is 2.44. The van der Waals surface area contributed by atoms with Crippen LogP contribution in [-0.4, -0.2) is 32.3 Å². The van der Waals surface area contributed by atoms with E-state index in [1.807, 2.05) is 35.6 Å². The second kappa shape index (κ2) is 18.8. The summed E-state index contributed by atoms with van der Waals surface area (Å²) >= 11 is 3.67. The van der Waals surface area contributed by atoms with E-state index in [2.05, 4.69) is 125 Å². The quantitative estimate of drug-likeness (QED) is 0.0675. The molecule has 0 fully saturated rings. The van der Waals surface area contributed by atoms with E-state index in [0.717, 1.165) is 56.2 Å². The summed E-state index contributed by atoms with van der Waals surface area (Å²) in [6.45, 7) is 9.11. The molecular weight excluding hydrogens is 825 g/mol. The number of unbranched alkanes of at least 4 members (excludes halogenated alkanes) is 6. The maximum atomic E-state index is 5.63. The second-order valence-corrected chi connectivity index (χ2v) is 23.9. The van der Waals surface area contributed by atoms with Crippen LogP contribution in [-0.2, 0) is 0 Å². The van der Waals surface area contributed by atoms with E-state index >= 15 is 0 Å². The molecule has 1 aliphatic heterocycles. The Labute approximate surface area is 383 Å². The van der Waals surface area contributed by atoms with Crippen molar-refractivity contribution in [3.8, 4) is 76.5 Å². The Morgan fingerprint density at radius 3 is 1.46 bits per heavy atom. The van der Waals surface area contributed by atoms with E-state index in [0.29, 0.717) is 0 Å². The first-order chi connectivity index (χ1) is 30.8. The molecule has 0 N–H and O–H groups in total. The van der Waals surface area contributed by atoms with Crippen molar-refractivity contribution in [2.24, 2.45) is 0 Å². The van der Waals surface area contributed by atoms with Crippen LogP contribution in [0.3, 0.4) is 0 Å². The summed E-state index contributed by atoms with van der Waals surface area (Å²) in [6.07, 6.45) is 10.5. The van der Waals surface area contributed by atoms with Crippen LogP contribution >= 0.6 is 22.7 Å². The summed E-state index contributed by atoms with van der Waals surface area (Å²) < 4.78 is 11.1.